The third-order valence-corrected chi connectivity index (χ3v) is 4.14. The maximum Gasteiger partial charge on any atom is 0.319 e. The number of halogens is 2. The van der Waals surface area contributed by atoms with E-state index < -0.39 is 17.7 Å². The molecule has 27 heavy (non-hydrogen) atoms. The summed E-state index contributed by atoms with van der Waals surface area (Å²) >= 11 is 0. The Bertz CT molecular complexity index is 895. The van der Waals surface area contributed by atoms with E-state index in [1.54, 1.807) is 72.8 Å². The van der Waals surface area contributed by atoms with Crippen molar-refractivity contribution >= 4 is 11.4 Å². The van der Waals surface area contributed by atoms with Gasteiger partial charge in [0.25, 0.3) is 0 Å². The van der Waals surface area contributed by atoms with E-state index in [9.17, 15) is 5.11 Å². The summed E-state index contributed by atoms with van der Waals surface area (Å²) in [4.78, 5) is 4.17. The molecule has 0 fully saturated rings. The van der Waals surface area contributed by atoms with Gasteiger partial charge in [0.2, 0.25) is 0 Å². The van der Waals surface area contributed by atoms with Crippen LogP contribution in [0.25, 0.3) is 0 Å². The number of hydrogen-bond acceptors (Lipinski definition) is 3. The molecule has 0 aliphatic heterocycles. The molecule has 0 saturated heterocycles. The van der Waals surface area contributed by atoms with Gasteiger partial charge < -0.3 is 9.84 Å². The zero-order valence-electron chi connectivity index (χ0n) is 14.7. The van der Waals surface area contributed by atoms with E-state index in [0.29, 0.717) is 11.4 Å². The second kappa shape index (κ2) is 8.10. The van der Waals surface area contributed by atoms with Crippen LogP contribution >= 0.6 is 0 Å². The zero-order chi connectivity index (χ0) is 19.3. The first-order valence-electron chi connectivity index (χ1n) is 8.42. The van der Waals surface area contributed by atoms with Crippen molar-refractivity contribution in [2.75, 3.05) is 7.11 Å². The van der Waals surface area contributed by atoms with Crippen molar-refractivity contribution in [1.29, 1.82) is 0 Å². The van der Waals surface area contributed by atoms with Gasteiger partial charge >= 0.3 is 5.92 Å². The maximum absolute atomic E-state index is 15.3. The van der Waals surface area contributed by atoms with Gasteiger partial charge in [-0.15, -0.1) is 0 Å². The third kappa shape index (κ3) is 4.20. The molecule has 138 valence electrons. The van der Waals surface area contributed by atoms with Crippen molar-refractivity contribution in [2.45, 2.75) is 12.0 Å². The third-order valence-electron chi connectivity index (χ3n) is 4.14. The molecule has 3 rings (SSSR count). The van der Waals surface area contributed by atoms with E-state index in [1.807, 2.05) is 0 Å². The molecule has 3 nitrogen and oxygen atoms in total. The number of rotatable bonds is 6. The Hall–Kier alpha value is -3.05. The molecule has 1 unspecified atom stereocenters. The number of alkyl halides is 2. The average molecular weight is 367 g/mol. The van der Waals surface area contributed by atoms with Crippen LogP contribution in [0.2, 0.25) is 0 Å². The lowest BCUT2D eigenvalue weighted by Crippen LogP contribution is -2.36. The van der Waals surface area contributed by atoms with Crippen molar-refractivity contribution in [2.24, 2.45) is 4.99 Å². The van der Waals surface area contributed by atoms with Crippen molar-refractivity contribution in [1.82, 2.24) is 0 Å². The Balaban J connectivity index is 2.07. The molecule has 0 aliphatic rings. The SMILES string of the molecule is COc1ccc(N=C(c2ccccc2)C(F)(F)C(O)c2ccccc2)cc1. The lowest BCUT2D eigenvalue weighted by atomic mass is 9.95. The van der Waals surface area contributed by atoms with E-state index in [-0.39, 0.29) is 11.1 Å². The fraction of sp³-hybridized carbons (Fsp3) is 0.136. The molecule has 0 heterocycles. The van der Waals surface area contributed by atoms with Crippen LogP contribution in [0.5, 0.6) is 5.75 Å². The molecular weight excluding hydrogens is 348 g/mol. The Labute approximate surface area is 156 Å². The van der Waals surface area contributed by atoms with Crippen molar-refractivity contribution in [3.05, 3.63) is 96.1 Å². The summed E-state index contributed by atoms with van der Waals surface area (Å²) in [6, 6.07) is 22.5. The molecule has 0 spiro atoms. The summed E-state index contributed by atoms with van der Waals surface area (Å²) < 4.78 is 35.6. The van der Waals surface area contributed by atoms with Crippen LogP contribution in [0.3, 0.4) is 0 Å². The standard InChI is InChI=1S/C22H19F2NO2/c1-27-19-14-12-18(13-15-19)25-20(16-8-4-2-5-9-16)22(23,24)21(26)17-10-6-3-7-11-17/h2-15,21,26H,1H3. The first-order chi connectivity index (χ1) is 13.0. The summed E-state index contributed by atoms with van der Waals surface area (Å²) in [5, 5.41) is 10.4. The van der Waals surface area contributed by atoms with Gasteiger partial charge in [0.15, 0.2) is 0 Å². The quantitative estimate of drug-likeness (QED) is 0.610. The molecule has 3 aromatic rings. The van der Waals surface area contributed by atoms with Crippen LogP contribution in [0.15, 0.2) is 89.9 Å². The molecule has 3 aromatic carbocycles. The van der Waals surface area contributed by atoms with E-state index in [2.05, 4.69) is 4.99 Å². The van der Waals surface area contributed by atoms with Crippen molar-refractivity contribution < 1.29 is 18.6 Å². The van der Waals surface area contributed by atoms with Crippen LogP contribution in [0, 0.1) is 0 Å². The van der Waals surface area contributed by atoms with Crippen molar-refractivity contribution in [3.8, 4) is 5.75 Å². The molecule has 0 saturated carbocycles. The highest BCUT2D eigenvalue weighted by atomic mass is 19.3. The van der Waals surface area contributed by atoms with Crippen LogP contribution in [0.1, 0.15) is 17.2 Å². The average Bonchev–Trinajstić information content (AvgIpc) is 2.73. The van der Waals surface area contributed by atoms with Gasteiger partial charge in [-0.1, -0.05) is 60.7 Å². The summed E-state index contributed by atoms with van der Waals surface area (Å²) in [6.45, 7) is 0. The van der Waals surface area contributed by atoms with Gasteiger partial charge in [0.05, 0.1) is 12.8 Å². The van der Waals surface area contributed by atoms with E-state index in [4.69, 9.17) is 4.74 Å². The van der Waals surface area contributed by atoms with E-state index in [0.717, 1.165) is 0 Å². The molecule has 0 aromatic heterocycles. The monoisotopic (exact) mass is 367 g/mol. The summed E-state index contributed by atoms with van der Waals surface area (Å²) in [5.41, 5.74) is 0.216. The fourth-order valence-corrected chi connectivity index (χ4v) is 2.69. The molecule has 0 bridgehead atoms. The molecule has 0 aliphatic carbocycles. The first-order valence-corrected chi connectivity index (χ1v) is 8.42. The van der Waals surface area contributed by atoms with Gasteiger partial charge in [-0.2, -0.15) is 8.78 Å². The Morgan fingerprint density at radius 1 is 0.889 bits per heavy atom. The lowest BCUT2D eigenvalue weighted by Gasteiger charge is -2.25. The van der Waals surface area contributed by atoms with Gasteiger partial charge in [-0.05, 0) is 29.8 Å². The number of hydrogen-bond donors (Lipinski definition) is 1. The molecule has 0 radical (unpaired) electrons. The topological polar surface area (TPSA) is 41.8 Å². The van der Waals surface area contributed by atoms with Crippen LogP contribution in [-0.4, -0.2) is 23.9 Å². The minimum Gasteiger partial charge on any atom is -0.497 e. The first kappa shape index (κ1) is 18.7. The Morgan fingerprint density at radius 2 is 1.44 bits per heavy atom. The largest absolute Gasteiger partial charge is 0.497 e. The second-order valence-electron chi connectivity index (χ2n) is 5.96. The zero-order valence-corrected chi connectivity index (χ0v) is 14.7. The van der Waals surface area contributed by atoms with Crippen molar-refractivity contribution in [3.63, 3.8) is 0 Å². The molecule has 5 heteroatoms. The number of benzene rings is 3. The highest BCUT2D eigenvalue weighted by Crippen LogP contribution is 2.36. The number of aliphatic hydroxyl groups excluding tert-OH is 1. The van der Waals surface area contributed by atoms with Crippen LogP contribution in [0.4, 0.5) is 14.5 Å². The predicted molar refractivity (Wildman–Crippen MR) is 102 cm³/mol. The second-order valence-corrected chi connectivity index (χ2v) is 5.96. The highest BCUT2D eigenvalue weighted by molar-refractivity contribution is 6.07. The minimum absolute atomic E-state index is 0.126. The predicted octanol–water partition coefficient (Wildman–Crippen LogP) is 5.18. The molecule has 0 amide bonds. The summed E-state index contributed by atoms with van der Waals surface area (Å²) in [5.74, 6) is -2.99. The van der Waals surface area contributed by atoms with Crippen LogP contribution in [-0.2, 0) is 0 Å². The Morgan fingerprint density at radius 3 is 2.00 bits per heavy atom. The Kier molecular flexibility index (Phi) is 5.62. The maximum atomic E-state index is 15.3. The normalized spacial score (nSPS) is 13.3. The van der Waals surface area contributed by atoms with E-state index in [1.165, 1.54) is 19.2 Å². The number of methoxy groups -OCH3 is 1. The lowest BCUT2D eigenvalue weighted by molar-refractivity contribution is -0.0545. The van der Waals surface area contributed by atoms with Crippen LogP contribution < -0.4 is 4.74 Å². The molecule has 1 N–H and O–H groups in total. The number of aliphatic imine (C=N–C) groups is 1. The highest BCUT2D eigenvalue weighted by Gasteiger charge is 2.45. The summed E-state index contributed by atoms with van der Waals surface area (Å²) in [6.07, 6.45) is -2.02. The summed E-state index contributed by atoms with van der Waals surface area (Å²) in [7, 11) is 1.53. The van der Waals surface area contributed by atoms with Gasteiger partial charge in [-0.25, -0.2) is 4.99 Å². The van der Waals surface area contributed by atoms with E-state index >= 15 is 8.78 Å². The molecule has 1 atom stereocenters. The van der Waals surface area contributed by atoms with Gasteiger partial charge in [0.1, 0.15) is 17.6 Å². The fourth-order valence-electron chi connectivity index (χ4n) is 2.69. The number of ether oxygens (including phenoxy) is 1. The molecular formula is C22H19F2NO2. The van der Waals surface area contributed by atoms with Gasteiger partial charge in [0, 0.05) is 5.56 Å². The van der Waals surface area contributed by atoms with Gasteiger partial charge in [-0.3, -0.25) is 0 Å². The number of aliphatic hydroxyl groups is 1. The minimum atomic E-state index is -3.59. The smallest absolute Gasteiger partial charge is 0.319 e. The number of nitrogens with zero attached hydrogens (tertiary/aromatic N) is 1.